The first kappa shape index (κ1) is 16.9. The van der Waals surface area contributed by atoms with Crippen LogP contribution in [0.4, 0.5) is 0 Å². The van der Waals surface area contributed by atoms with Crippen LogP contribution in [-0.2, 0) is 16.1 Å². The van der Waals surface area contributed by atoms with Gasteiger partial charge >= 0.3 is 0 Å². The number of carbonyl (C=O) groups is 1. The van der Waals surface area contributed by atoms with Crippen molar-refractivity contribution < 1.29 is 14.3 Å². The summed E-state index contributed by atoms with van der Waals surface area (Å²) in [4.78, 5) is 13.6. The lowest BCUT2D eigenvalue weighted by Gasteiger charge is -2.19. The van der Waals surface area contributed by atoms with Crippen LogP contribution in [0, 0.1) is 0 Å². The Labute approximate surface area is 128 Å². The monoisotopic (exact) mass is 344 g/mol. The average Bonchev–Trinajstić information content (AvgIpc) is 2.43. The smallest absolute Gasteiger partial charge is 0.236 e. The Kier molecular flexibility index (Phi) is 7.58. The van der Waals surface area contributed by atoms with E-state index in [1.165, 1.54) is 0 Å². The highest BCUT2D eigenvalue weighted by atomic mass is 79.9. The van der Waals surface area contributed by atoms with E-state index < -0.39 is 0 Å². The van der Waals surface area contributed by atoms with Crippen LogP contribution in [0.2, 0.25) is 0 Å². The van der Waals surface area contributed by atoms with Gasteiger partial charge in [0, 0.05) is 37.3 Å². The molecule has 1 amide bonds. The van der Waals surface area contributed by atoms with Crippen molar-refractivity contribution in [3.05, 3.63) is 28.2 Å². The number of halogens is 1. The van der Waals surface area contributed by atoms with Crippen LogP contribution in [0.25, 0.3) is 0 Å². The van der Waals surface area contributed by atoms with Gasteiger partial charge in [0.15, 0.2) is 0 Å². The lowest BCUT2D eigenvalue weighted by Crippen LogP contribution is -2.36. The van der Waals surface area contributed by atoms with Gasteiger partial charge in [0.05, 0.1) is 20.3 Å². The predicted octanol–water partition coefficient (Wildman–Crippen LogP) is 1.65. The Bertz CT molecular complexity index is 440. The molecule has 1 rings (SSSR count). The van der Waals surface area contributed by atoms with Crippen LogP contribution in [0.5, 0.6) is 5.75 Å². The summed E-state index contributed by atoms with van der Waals surface area (Å²) in [5.41, 5.74) is 0.967. The molecule has 0 fully saturated rings. The van der Waals surface area contributed by atoms with E-state index in [0.717, 1.165) is 15.8 Å². The number of carbonyl (C=O) groups excluding carboxylic acids is 1. The molecular weight excluding hydrogens is 324 g/mol. The molecule has 0 radical (unpaired) electrons. The SMILES string of the molecule is COCCNCC(=O)N(C)Cc1cc(Br)ccc1OC. The van der Waals surface area contributed by atoms with E-state index in [9.17, 15) is 4.79 Å². The van der Waals surface area contributed by atoms with E-state index in [1.54, 1.807) is 26.2 Å². The summed E-state index contributed by atoms with van der Waals surface area (Å²) in [6, 6.07) is 5.76. The number of methoxy groups -OCH3 is 2. The summed E-state index contributed by atoms with van der Waals surface area (Å²) in [7, 11) is 5.04. The van der Waals surface area contributed by atoms with Crippen molar-refractivity contribution in [3.8, 4) is 5.75 Å². The van der Waals surface area contributed by atoms with Gasteiger partial charge in [0.25, 0.3) is 0 Å². The highest BCUT2D eigenvalue weighted by Crippen LogP contribution is 2.23. The van der Waals surface area contributed by atoms with Crippen molar-refractivity contribution in [2.45, 2.75) is 6.54 Å². The number of hydrogen-bond acceptors (Lipinski definition) is 4. The van der Waals surface area contributed by atoms with Gasteiger partial charge < -0.3 is 19.7 Å². The normalized spacial score (nSPS) is 10.4. The molecule has 0 heterocycles. The minimum absolute atomic E-state index is 0.0307. The van der Waals surface area contributed by atoms with Crippen LogP contribution < -0.4 is 10.1 Å². The minimum atomic E-state index is 0.0307. The number of ether oxygens (including phenoxy) is 2. The third-order valence-electron chi connectivity index (χ3n) is 2.83. The van der Waals surface area contributed by atoms with Crippen LogP contribution in [0.3, 0.4) is 0 Å². The van der Waals surface area contributed by atoms with Crippen LogP contribution in [0.1, 0.15) is 5.56 Å². The molecular formula is C14H21BrN2O3. The Morgan fingerprint density at radius 2 is 2.15 bits per heavy atom. The third-order valence-corrected chi connectivity index (χ3v) is 3.33. The number of hydrogen-bond donors (Lipinski definition) is 1. The summed E-state index contributed by atoms with van der Waals surface area (Å²) in [5.74, 6) is 0.809. The van der Waals surface area contributed by atoms with Gasteiger partial charge in [-0.05, 0) is 18.2 Å². The topological polar surface area (TPSA) is 50.8 Å². The molecule has 0 unspecified atom stereocenters. The van der Waals surface area contributed by atoms with Crippen LogP contribution in [0.15, 0.2) is 22.7 Å². The molecule has 0 aliphatic rings. The molecule has 6 heteroatoms. The largest absolute Gasteiger partial charge is 0.496 e. The van der Waals surface area contributed by atoms with Crippen molar-refractivity contribution in [2.75, 3.05) is 41.0 Å². The first-order chi connectivity index (χ1) is 9.58. The highest BCUT2D eigenvalue weighted by molar-refractivity contribution is 9.10. The van der Waals surface area contributed by atoms with E-state index in [0.29, 0.717) is 26.2 Å². The van der Waals surface area contributed by atoms with Crippen molar-refractivity contribution in [2.24, 2.45) is 0 Å². The van der Waals surface area contributed by atoms with Gasteiger partial charge in [-0.3, -0.25) is 4.79 Å². The highest BCUT2D eigenvalue weighted by Gasteiger charge is 2.12. The molecule has 1 aromatic rings. The Balaban J connectivity index is 2.54. The fraction of sp³-hybridized carbons (Fsp3) is 0.500. The zero-order chi connectivity index (χ0) is 15.0. The second-order valence-corrected chi connectivity index (χ2v) is 5.29. The molecule has 0 saturated heterocycles. The second-order valence-electron chi connectivity index (χ2n) is 4.38. The van der Waals surface area contributed by atoms with E-state index in [1.807, 2.05) is 18.2 Å². The number of nitrogens with zero attached hydrogens (tertiary/aromatic N) is 1. The molecule has 20 heavy (non-hydrogen) atoms. The van der Waals surface area contributed by atoms with Gasteiger partial charge in [-0.2, -0.15) is 0 Å². The number of amides is 1. The first-order valence-corrected chi connectivity index (χ1v) is 7.13. The number of likely N-dealkylation sites (N-methyl/N-ethyl adjacent to an activating group) is 1. The zero-order valence-corrected chi connectivity index (χ0v) is 13.7. The average molecular weight is 345 g/mol. The maximum atomic E-state index is 12.0. The number of nitrogens with one attached hydrogen (secondary N) is 1. The maximum Gasteiger partial charge on any atom is 0.236 e. The van der Waals surface area contributed by atoms with Crippen molar-refractivity contribution in [1.29, 1.82) is 0 Å². The van der Waals surface area contributed by atoms with Gasteiger partial charge in [-0.1, -0.05) is 15.9 Å². The van der Waals surface area contributed by atoms with E-state index in [2.05, 4.69) is 21.2 Å². The molecule has 1 N–H and O–H groups in total. The third kappa shape index (κ3) is 5.48. The second kappa shape index (κ2) is 8.94. The van der Waals surface area contributed by atoms with Crippen molar-refractivity contribution in [3.63, 3.8) is 0 Å². The summed E-state index contributed by atoms with van der Waals surface area (Å²) in [6.07, 6.45) is 0. The summed E-state index contributed by atoms with van der Waals surface area (Å²) >= 11 is 3.43. The molecule has 0 aromatic heterocycles. The fourth-order valence-electron chi connectivity index (χ4n) is 1.72. The molecule has 0 saturated carbocycles. The summed E-state index contributed by atoms with van der Waals surface area (Å²) in [5, 5.41) is 3.04. The fourth-order valence-corrected chi connectivity index (χ4v) is 2.13. The van der Waals surface area contributed by atoms with Crippen LogP contribution in [-0.4, -0.2) is 51.8 Å². The molecule has 0 aliphatic carbocycles. The number of rotatable bonds is 8. The Morgan fingerprint density at radius 3 is 2.80 bits per heavy atom. The lowest BCUT2D eigenvalue weighted by atomic mass is 10.2. The van der Waals surface area contributed by atoms with E-state index >= 15 is 0 Å². The maximum absolute atomic E-state index is 12.0. The quantitative estimate of drug-likeness (QED) is 0.728. The first-order valence-electron chi connectivity index (χ1n) is 6.34. The van der Waals surface area contributed by atoms with Crippen molar-refractivity contribution in [1.82, 2.24) is 10.2 Å². The van der Waals surface area contributed by atoms with Gasteiger partial charge in [0.2, 0.25) is 5.91 Å². The predicted molar refractivity (Wildman–Crippen MR) is 81.9 cm³/mol. The lowest BCUT2D eigenvalue weighted by molar-refractivity contribution is -0.129. The number of benzene rings is 1. The van der Waals surface area contributed by atoms with E-state index in [-0.39, 0.29) is 5.91 Å². The molecule has 0 spiro atoms. The van der Waals surface area contributed by atoms with Gasteiger partial charge in [-0.25, -0.2) is 0 Å². The molecule has 0 atom stereocenters. The molecule has 0 bridgehead atoms. The molecule has 1 aromatic carbocycles. The summed E-state index contributed by atoms with van der Waals surface area (Å²) < 4.78 is 11.2. The Hall–Kier alpha value is -1.11. The van der Waals surface area contributed by atoms with Gasteiger partial charge in [-0.15, -0.1) is 0 Å². The molecule has 112 valence electrons. The zero-order valence-electron chi connectivity index (χ0n) is 12.1. The minimum Gasteiger partial charge on any atom is -0.496 e. The standard InChI is InChI=1S/C14H21BrN2O3/c1-17(14(18)9-16-6-7-19-2)10-11-8-12(15)4-5-13(11)20-3/h4-5,8,16H,6-7,9-10H2,1-3H3. The Morgan fingerprint density at radius 1 is 1.40 bits per heavy atom. The molecule has 0 aliphatic heterocycles. The molecule has 5 nitrogen and oxygen atoms in total. The van der Waals surface area contributed by atoms with E-state index in [4.69, 9.17) is 9.47 Å². The van der Waals surface area contributed by atoms with Crippen molar-refractivity contribution >= 4 is 21.8 Å². The van der Waals surface area contributed by atoms with Gasteiger partial charge in [0.1, 0.15) is 5.75 Å². The summed E-state index contributed by atoms with van der Waals surface area (Å²) in [6.45, 7) is 2.07. The van der Waals surface area contributed by atoms with Crippen LogP contribution >= 0.6 is 15.9 Å².